The fourth-order valence-electron chi connectivity index (χ4n) is 3.03. The van der Waals surface area contributed by atoms with Crippen LogP contribution >= 0.6 is 11.6 Å². The quantitative estimate of drug-likeness (QED) is 0.749. The normalized spacial score (nSPS) is 20.2. The molecule has 2 aromatic heterocycles. The van der Waals surface area contributed by atoms with Crippen LogP contribution in [0.25, 0.3) is 0 Å². The lowest BCUT2D eigenvalue weighted by Gasteiger charge is -2.23. The number of aryl methyl sites for hydroxylation is 2. The fraction of sp³-hybridized carbons (Fsp3) is 0.375. The molecule has 0 radical (unpaired) electrons. The van der Waals surface area contributed by atoms with Crippen LogP contribution in [0.2, 0.25) is 5.28 Å². The van der Waals surface area contributed by atoms with Crippen LogP contribution < -0.4 is 0 Å². The molecule has 1 N–H and O–H groups in total. The van der Waals surface area contributed by atoms with Gasteiger partial charge in [-0.15, -0.1) is 5.10 Å². The average molecular weight is 364 g/mol. The molecule has 130 valence electrons. The van der Waals surface area contributed by atoms with Gasteiger partial charge in [-0.2, -0.15) is 4.98 Å². The first kappa shape index (κ1) is 16.2. The molecule has 1 aliphatic rings. The highest BCUT2D eigenvalue weighted by Crippen LogP contribution is 2.38. The molecule has 0 amide bonds. The van der Waals surface area contributed by atoms with Crippen molar-refractivity contribution in [2.45, 2.75) is 24.7 Å². The van der Waals surface area contributed by atoms with Crippen molar-refractivity contribution >= 4 is 11.6 Å². The largest absolute Gasteiger partial charge is 0.380 e. The average Bonchev–Trinajstić information content (AvgIpc) is 3.34. The maximum Gasteiger partial charge on any atom is 0.242 e. The lowest BCUT2D eigenvalue weighted by atomic mass is 9.79. The molecule has 4 rings (SSSR count). The van der Waals surface area contributed by atoms with Gasteiger partial charge in [0.2, 0.25) is 11.2 Å². The van der Waals surface area contributed by atoms with E-state index in [1.54, 1.807) is 12.1 Å². The molecule has 25 heavy (non-hydrogen) atoms. The third kappa shape index (κ3) is 3.14. The van der Waals surface area contributed by atoms with Crippen molar-refractivity contribution in [3.8, 4) is 0 Å². The fourth-order valence-corrected chi connectivity index (χ4v) is 3.17. The Bertz CT molecular complexity index is 858. The molecule has 1 atom stereocenters. The molecule has 1 aliphatic heterocycles. The summed E-state index contributed by atoms with van der Waals surface area (Å²) in [6, 6.07) is 6.36. The van der Waals surface area contributed by atoms with Crippen LogP contribution in [0.3, 0.4) is 0 Å². The molecular formula is C16H15ClFN5O2. The SMILES string of the molecule is Fc1ccc([C@]2(c3noc(CCc4nc(Cl)n[nH]4)n3)CCOC2)cc1. The highest BCUT2D eigenvalue weighted by Gasteiger charge is 2.42. The van der Waals surface area contributed by atoms with Gasteiger partial charge in [0.05, 0.1) is 12.0 Å². The Kier molecular flexibility index (Phi) is 4.22. The van der Waals surface area contributed by atoms with Gasteiger partial charge in [0.25, 0.3) is 0 Å². The van der Waals surface area contributed by atoms with E-state index in [2.05, 4.69) is 25.3 Å². The van der Waals surface area contributed by atoms with Crippen molar-refractivity contribution in [1.82, 2.24) is 25.3 Å². The number of rotatable bonds is 5. The number of nitrogens with one attached hydrogen (secondary N) is 1. The molecule has 0 bridgehead atoms. The smallest absolute Gasteiger partial charge is 0.242 e. The predicted molar refractivity (Wildman–Crippen MR) is 85.7 cm³/mol. The van der Waals surface area contributed by atoms with Crippen molar-refractivity contribution in [3.63, 3.8) is 0 Å². The molecule has 3 aromatic rings. The van der Waals surface area contributed by atoms with E-state index in [4.69, 9.17) is 20.9 Å². The summed E-state index contributed by atoms with van der Waals surface area (Å²) in [6.07, 6.45) is 1.79. The molecule has 0 aliphatic carbocycles. The van der Waals surface area contributed by atoms with Gasteiger partial charge in [-0.25, -0.2) is 9.37 Å². The number of aromatic amines is 1. The van der Waals surface area contributed by atoms with Gasteiger partial charge in [-0.3, -0.25) is 5.10 Å². The van der Waals surface area contributed by atoms with Gasteiger partial charge in [0.15, 0.2) is 5.82 Å². The third-order valence-electron chi connectivity index (χ3n) is 4.39. The summed E-state index contributed by atoms with van der Waals surface area (Å²) in [5, 5.41) is 10.8. The maximum absolute atomic E-state index is 13.3. The molecule has 1 saturated heterocycles. The van der Waals surface area contributed by atoms with Crippen molar-refractivity contribution in [3.05, 3.63) is 58.5 Å². The lowest BCUT2D eigenvalue weighted by Crippen LogP contribution is -2.29. The van der Waals surface area contributed by atoms with Gasteiger partial charge in [-0.1, -0.05) is 17.3 Å². The van der Waals surface area contributed by atoms with Crippen LogP contribution in [-0.2, 0) is 23.0 Å². The molecule has 1 aromatic carbocycles. The minimum absolute atomic E-state index is 0.180. The Balaban J connectivity index is 1.57. The Hall–Kier alpha value is -2.32. The molecule has 3 heterocycles. The van der Waals surface area contributed by atoms with Crippen LogP contribution in [0.15, 0.2) is 28.8 Å². The summed E-state index contributed by atoms with van der Waals surface area (Å²) in [5.74, 6) is 1.43. The van der Waals surface area contributed by atoms with E-state index in [1.165, 1.54) is 12.1 Å². The van der Waals surface area contributed by atoms with E-state index in [9.17, 15) is 4.39 Å². The highest BCUT2D eigenvalue weighted by atomic mass is 35.5. The summed E-state index contributed by atoms with van der Waals surface area (Å²) >= 11 is 5.68. The van der Waals surface area contributed by atoms with Crippen molar-refractivity contribution in [2.24, 2.45) is 0 Å². The zero-order chi connectivity index (χ0) is 17.3. The van der Waals surface area contributed by atoms with E-state index in [0.29, 0.717) is 43.6 Å². The molecule has 0 unspecified atom stereocenters. The maximum atomic E-state index is 13.3. The second-order valence-electron chi connectivity index (χ2n) is 5.95. The first-order valence-corrected chi connectivity index (χ1v) is 8.27. The summed E-state index contributed by atoms with van der Waals surface area (Å²) in [6.45, 7) is 1.03. The lowest BCUT2D eigenvalue weighted by molar-refractivity contribution is 0.182. The Morgan fingerprint density at radius 1 is 1.20 bits per heavy atom. The van der Waals surface area contributed by atoms with Gasteiger partial charge >= 0.3 is 0 Å². The van der Waals surface area contributed by atoms with Crippen LogP contribution in [0.5, 0.6) is 0 Å². The molecule has 9 heteroatoms. The standard InChI is InChI=1S/C16H15ClFN5O2/c17-15-19-12(21-22-15)5-6-13-20-14(23-25-13)16(7-8-24-9-16)10-1-3-11(18)4-2-10/h1-4H,5-9H2,(H,19,21,22)/t16-/m0/s1. The highest BCUT2D eigenvalue weighted by molar-refractivity contribution is 6.28. The zero-order valence-corrected chi connectivity index (χ0v) is 14.0. The van der Waals surface area contributed by atoms with Crippen LogP contribution in [0, 0.1) is 5.82 Å². The number of benzene rings is 1. The number of aromatic nitrogens is 5. The van der Waals surface area contributed by atoms with Gasteiger partial charge in [-0.05, 0) is 35.7 Å². The summed E-state index contributed by atoms with van der Waals surface area (Å²) < 4.78 is 24.2. The minimum atomic E-state index is -0.509. The number of ether oxygens (including phenoxy) is 1. The summed E-state index contributed by atoms with van der Waals surface area (Å²) in [5.41, 5.74) is 0.408. The monoisotopic (exact) mass is 363 g/mol. The van der Waals surface area contributed by atoms with Crippen LogP contribution in [0.4, 0.5) is 4.39 Å². The van der Waals surface area contributed by atoms with Crippen LogP contribution in [-0.4, -0.2) is 38.5 Å². The Morgan fingerprint density at radius 3 is 2.72 bits per heavy atom. The molecular weight excluding hydrogens is 349 g/mol. The minimum Gasteiger partial charge on any atom is -0.380 e. The van der Waals surface area contributed by atoms with E-state index in [1.807, 2.05) is 0 Å². The van der Waals surface area contributed by atoms with Crippen LogP contribution in [0.1, 0.15) is 29.5 Å². The molecule has 0 saturated carbocycles. The molecule has 7 nitrogen and oxygen atoms in total. The second-order valence-corrected chi connectivity index (χ2v) is 6.29. The summed E-state index contributed by atoms with van der Waals surface area (Å²) in [7, 11) is 0. The Labute approximate surface area is 147 Å². The first-order chi connectivity index (χ1) is 12.2. The van der Waals surface area contributed by atoms with E-state index >= 15 is 0 Å². The summed E-state index contributed by atoms with van der Waals surface area (Å²) in [4.78, 5) is 8.57. The second kappa shape index (κ2) is 6.53. The van der Waals surface area contributed by atoms with E-state index < -0.39 is 5.41 Å². The van der Waals surface area contributed by atoms with Gasteiger partial charge < -0.3 is 9.26 Å². The van der Waals surface area contributed by atoms with Crippen molar-refractivity contribution < 1.29 is 13.7 Å². The predicted octanol–water partition coefficient (Wildman–Crippen LogP) is 2.47. The van der Waals surface area contributed by atoms with Gasteiger partial charge in [0.1, 0.15) is 11.6 Å². The number of halogens is 2. The zero-order valence-electron chi connectivity index (χ0n) is 13.2. The Morgan fingerprint density at radius 2 is 2.04 bits per heavy atom. The van der Waals surface area contributed by atoms with E-state index in [0.717, 1.165) is 12.0 Å². The van der Waals surface area contributed by atoms with Gasteiger partial charge in [0, 0.05) is 19.4 Å². The van der Waals surface area contributed by atoms with E-state index in [-0.39, 0.29) is 11.1 Å². The van der Waals surface area contributed by atoms with Crippen molar-refractivity contribution in [1.29, 1.82) is 0 Å². The number of nitrogens with zero attached hydrogens (tertiary/aromatic N) is 4. The number of H-pyrrole nitrogens is 1. The molecule has 0 spiro atoms. The number of hydrogen-bond donors (Lipinski definition) is 1. The third-order valence-corrected chi connectivity index (χ3v) is 4.56. The number of hydrogen-bond acceptors (Lipinski definition) is 6. The first-order valence-electron chi connectivity index (χ1n) is 7.89. The van der Waals surface area contributed by atoms with Crippen molar-refractivity contribution in [2.75, 3.05) is 13.2 Å². The molecule has 1 fully saturated rings. The topological polar surface area (TPSA) is 89.7 Å².